The zero-order valence-corrected chi connectivity index (χ0v) is 11.1. The van der Waals surface area contributed by atoms with Crippen molar-refractivity contribution in [3.05, 3.63) is 17.7 Å². The maximum Gasteiger partial charge on any atom is 0.161 e. The first-order chi connectivity index (χ1) is 7.26. The van der Waals surface area contributed by atoms with Gasteiger partial charge in [0, 0.05) is 16.2 Å². The summed E-state index contributed by atoms with van der Waals surface area (Å²) >= 11 is 1.72. The van der Waals surface area contributed by atoms with E-state index in [9.17, 15) is 0 Å². The van der Waals surface area contributed by atoms with Crippen LogP contribution in [0.1, 0.15) is 12.5 Å². The van der Waals surface area contributed by atoms with Gasteiger partial charge in [-0.05, 0) is 19.1 Å². The molecule has 0 spiro atoms. The van der Waals surface area contributed by atoms with Crippen LogP contribution >= 0.6 is 24.2 Å². The van der Waals surface area contributed by atoms with Crippen LogP contribution in [0.25, 0.3) is 0 Å². The predicted molar refractivity (Wildman–Crippen MR) is 69.7 cm³/mol. The minimum atomic E-state index is 0. The molecule has 1 aliphatic rings. The van der Waals surface area contributed by atoms with E-state index in [1.165, 1.54) is 4.90 Å². The molecule has 0 bridgehead atoms. The Morgan fingerprint density at radius 1 is 1.19 bits per heavy atom. The van der Waals surface area contributed by atoms with Crippen LogP contribution in [0.15, 0.2) is 22.0 Å². The van der Waals surface area contributed by atoms with E-state index in [0.29, 0.717) is 0 Å². The van der Waals surface area contributed by atoms with Crippen molar-refractivity contribution in [2.75, 3.05) is 20.1 Å². The van der Waals surface area contributed by atoms with Crippen LogP contribution in [0.2, 0.25) is 0 Å². The molecule has 3 nitrogen and oxygen atoms in total. The molecule has 0 radical (unpaired) electrons. The fourth-order valence-electron chi connectivity index (χ4n) is 1.55. The summed E-state index contributed by atoms with van der Waals surface area (Å²) in [7, 11) is 3.30. The zero-order chi connectivity index (χ0) is 10.8. The van der Waals surface area contributed by atoms with E-state index < -0.39 is 0 Å². The van der Waals surface area contributed by atoms with Crippen molar-refractivity contribution in [3.63, 3.8) is 0 Å². The number of hydrogen-bond donors (Lipinski definition) is 0. The molecule has 1 aromatic carbocycles. The van der Waals surface area contributed by atoms with Gasteiger partial charge < -0.3 is 9.47 Å². The Hall–Kier alpha value is -0.870. The molecule has 0 aromatic heterocycles. The van der Waals surface area contributed by atoms with E-state index in [0.717, 1.165) is 28.7 Å². The number of halogens is 1. The summed E-state index contributed by atoms with van der Waals surface area (Å²) < 4.78 is 10.5. The Bertz CT molecular complexity index is 421. The van der Waals surface area contributed by atoms with Gasteiger partial charge in [0.1, 0.15) is 0 Å². The second-order valence-electron chi connectivity index (χ2n) is 3.22. The maximum atomic E-state index is 5.26. The van der Waals surface area contributed by atoms with E-state index in [2.05, 4.69) is 4.99 Å². The molecule has 5 heteroatoms. The molecule has 0 unspecified atom stereocenters. The van der Waals surface area contributed by atoms with Gasteiger partial charge >= 0.3 is 0 Å². The van der Waals surface area contributed by atoms with Gasteiger partial charge in [-0.15, -0.1) is 24.2 Å². The number of methoxy groups -OCH3 is 2. The third-order valence-electron chi connectivity index (χ3n) is 2.40. The van der Waals surface area contributed by atoms with Crippen LogP contribution < -0.4 is 9.47 Å². The van der Waals surface area contributed by atoms with Gasteiger partial charge in [0.2, 0.25) is 0 Å². The standard InChI is InChI=1S/C11H13NO2S.ClH/c1-7-8-4-9(13-2)10(14-3)5-11(8)15-6-12-7;/h4-5H,6H2,1-3H3;1H. The minimum Gasteiger partial charge on any atom is -0.493 e. The van der Waals surface area contributed by atoms with Crippen LogP contribution in [-0.2, 0) is 0 Å². The van der Waals surface area contributed by atoms with Crippen molar-refractivity contribution in [1.29, 1.82) is 0 Å². The zero-order valence-electron chi connectivity index (χ0n) is 9.44. The van der Waals surface area contributed by atoms with Gasteiger partial charge in [0.15, 0.2) is 11.5 Å². The second-order valence-corrected chi connectivity index (χ2v) is 4.21. The minimum absolute atomic E-state index is 0. The lowest BCUT2D eigenvalue weighted by Crippen LogP contribution is -2.04. The van der Waals surface area contributed by atoms with Crippen molar-refractivity contribution >= 4 is 29.9 Å². The Morgan fingerprint density at radius 3 is 2.44 bits per heavy atom. The molecular formula is C11H14ClNO2S. The number of fused-ring (bicyclic) bond motifs is 1. The van der Waals surface area contributed by atoms with Crippen molar-refractivity contribution in [1.82, 2.24) is 0 Å². The summed E-state index contributed by atoms with van der Waals surface area (Å²) in [5.74, 6) is 2.32. The number of rotatable bonds is 2. The smallest absolute Gasteiger partial charge is 0.161 e. The molecule has 1 heterocycles. The number of benzene rings is 1. The van der Waals surface area contributed by atoms with Crippen LogP contribution in [0.4, 0.5) is 0 Å². The topological polar surface area (TPSA) is 30.8 Å². The summed E-state index contributed by atoms with van der Waals surface area (Å²) in [6.07, 6.45) is 0. The van der Waals surface area contributed by atoms with Gasteiger partial charge in [-0.1, -0.05) is 0 Å². The SMILES string of the molecule is COc1cc2c(cc1OC)C(C)=NCS2.Cl. The van der Waals surface area contributed by atoms with Crippen LogP contribution in [0, 0.1) is 0 Å². The monoisotopic (exact) mass is 259 g/mol. The van der Waals surface area contributed by atoms with E-state index in [4.69, 9.17) is 9.47 Å². The molecule has 0 N–H and O–H groups in total. The molecule has 0 saturated heterocycles. The summed E-state index contributed by atoms with van der Waals surface area (Å²) in [5, 5.41) is 0. The predicted octanol–water partition coefficient (Wildman–Crippen LogP) is 3.00. The Morgan fingerprint density at radius 2 is 1.81 bits per heavy atom. The lowest BCUT2D eigenvalue weighted by Gasteiger charge is -2.17. The lowest BCUT2D eigenvalue weighted by atomic mass is 10.1. The number of hydrogen-bond acceptors (Lipinski definition) is 4. The number of thioether (sulfide) groups is 1. The first-order valence-electron chi connectivity index (χ1n) is 4.66. The van der Waals surface area contributed by atoms with Gasteiger partial charge in [0.05, 0.1) is 20.1 Å². The number of nitrogens with zero attached hydrogens (tertiary/aromatic N) is 1. The van der Waals surface area contributed by atoms with E-state index in [1.807, 2.05) is 19.1 Å². The van der Waals surface area contributed by atoms with Crippen LogP contribution in [-0.4, -0.2) is 25.8 Å². The summed E-state index contributed by atoms with van der Waals surface area (Å²) in [6, 6.07) is 4.00. The van der Waals surface area contributed by atoms with Crippen molar-refractivity contribution in [2.24, 2.45) is 4.99 Å². The second kappa shape index (κ2) is 5.46. The fraction of sp³-hybridized carbons (Fsp3) is 0.364. The third-order valence-corrected chi connectivity index (χ3v) is 3.30. The largest absolute Gasteiger partial charge is 0.493 e. The van der Waals surface area contributed by atoms with Crippen molar-refractivity contribution in [2.45, 2.75) is 11.8 Å². The fourth-order valence-corrected chi connectivity index (χ4v) is 2.50. The highest BCUT2D eigenvalue weighted by Crippen LogP contribution is 2.37. The number of ether oxygens (including phenoxy) is 2. The molecular weight excluding hydrogens is 246 g/mol. The highest BCUT2D eigenvalue weighted by Gasteiger charge is 2.15. The normalized spacial score (nSPS) is 13.3. The van der Waals surface area contributed by atoms with Gasteiger partial charge in [-0.25, -0.2) is 0 Å². The van der Waals surface area contributed by atoms with Gasteiger partial charge in [-0.3, -0.25) is 4.99 Å². The first kappa shape index (κ1) is 13.2. The van der Waals surface area contributed by atoms with E-state index in [1.54, 1.807) is 26.0 Å². The first-order valence-corrected chi connectivity index (χ1v) is 5.65. The van der Waals surface area contributed by atoms with Crippen LogP contribution in [0.3, 0.4) is 0 Å². The molecule has 0 saturated carbocycles. The molecule has 2 rings (SSSR count). The molecule has 1 aromatic rings. The quantitative estimate of drug-likeness (QED) is 0.818. The summed E-state index contributed by atoms with van der Waals surface area (Å²) in [6.45, 7) is 2.02. The van der Waals surface area contributed by atoms with Gasteiger partial charge in [0.25, 0.3) is 0 Å². The third kappa shape index (κ3) is 2.28. The summed E-state index contributed by atoms with van der Waals surface area (Å²) in [4.78, 5) is 5.59. The molecule has 0 amide bonds. The number of aliphatic imine (C=N–C) groups is 1. The highest BCUT2D eigenvalue weighted by atomic mass is 35.5. The van der Waals surface area contributed by atoms with Crippen LogP contribution in [0.5, 0.6) is 11.5 Å². The lowest BCUT2D eigenvalue weighted by molar-refractivity contribution is 0.354. The molecule has 16 heavy (non-hydrogen) atoms. The maximum absolute atomic E-state index is 5.26. The van der Waals surface area contributed by atoms with E-state index in [-0.39, 0.29) is 12.4 Å². The van der Waals surface area contributed by atoms with Gasteiger partial charge in [-0.2, -0.15) is 0 Å². The molecule has 1 aliphatic heterocycles. The Labute approximate surface area is 106 Å². The van der Waals surface area contributed by atoms with Crippen molar-refractivity contribution in [3.8, 4) is 11.5 Å². The Kier molecular flexibility index (Phi) is 4.50. The average Bonchev–Trinajstić information content (AvgIpc) is 2.28. The highest BCUT2D eigenvalue weighted by molar-refractivity contribution is 7.99. The van der Waals surface area contributed by atoms with E-state index >= 15 is 0 Å². The molecule has 0 fully saturated rings. The van der Waals surface area contributed by atoms with Crippen molar-refractivity contribution < 1.29 is 9.47 Å². The molecule has 88 valence electrons. The Balaban J connectivity index is 0.00000128. The average molecular weight is 260 g/mol. The molecule has 0 aliphatic carbocycles. The summed E-state index contributed by atoms with van der Waals surface area (Å²) in [5.41, 5.74) is 2.20. The molecule has 0 atom stereocenters.